The average Bonchev–Trinajstić information content (AvgIpc) is 2.75. The number of rotatable bonds is 3. The van der Waals surface area contributed by atoms with E-state index in [0.29, 0.717) is 19.8 Å². The maximum Gasteiger partial charge on any atom is 0.282 e. The smallest absolute Gasteiger partial charge is 0.282 e. The van der Waals surface area contributed by atoms with Crippen LogP contribution in [-0.2, 0) is 14.9 Å². The van der Waals surface area contributed by atoms with Crippen LogP contribution in [0, 0.1) is 6.92 Å². The van der Waals surface area contributed by atoms with E-state index in [4.69, 9.17) is 4.74 Å². The Hall–Kier alpha value is -0.540. The first-order valence-electron chi connectivity index (χ1n) is 5.62. The van der Waals surface area contributed by atoms with E-state index in [1.54, 1.807) is 0 Å². The summed E-state index contributed by atoms with van der Waals surface area (Å²) in [5, 5.41) is 2.82. The Balaban J connectivity index is 2.32. The maximum atomic E-state index is 12.2. The van der Waals surface area contributed by atoms with Gasteiger partial charge in [-0.3, -0.25) is 0 Å². The summed E-state index contributed by atoms with van der Waals surface area (Å²) >= 11 is 1.52. The largest absolute Gasteiger partial charge is 0.378 e. The summed E-state index contributed by atoms with van der Waals surface area (Å²) in [4.78, 5) is 4.37. The lowest BCUT2D eigenvalue weighted by Gasteiger charge is -2.35. The van der Waals surface area contributed by atoms with Gasteiger partial charge in [0.2, 0.25) is 0 Å². The van der Waals surface area contributed by atoms with E-state index in [1.165, 1.54) is 34.0 Å². The predicted molar refractivity (Wildman–Crippen MR) is 69.7 cm³/mol. The highest BCUT2D eigenvalue weighted by atomic mass is 32.2. The minimum atomic E-state index is -3.44. The molecular weight excluding hydrogens is 274 g/mol. The number of hydrogen-bond acceptors (Lipinski definition) is 5. The fourth-order valence-corrected chi connectivity index (χ4v) is 3.71. The van der Waals surface area contributed by atoms with Crippen LogP contribution in [0.1, 0.15) is 16.7 Å². The highest BCUT2D eigenvalue weighted by Gasteiger charge is 2.36. The summed E-state index contributed by atoms with van der Waals surface area (Å²) < 4.78 is 32.6. The molecule has 0 saturated carbocycles. The zero-order valence-electron chi connectivity index (χ0n) is 10.7. The van der Waals surface area contributed by atoms with Crippen molar-refractivity contribution in [3.63, 3.8) is 0 Å². The van der Waals surface area contributed by atoms with Gasteiger partial charge in [-0.1, -0.05) is 0 Å². The van der Waals surface area contributed by atoms with E-state index in [1.807, 2.05) is 12.3 Å². The third-order valence-corrected chi connectivity index (χ3v) is 5.56. The van der Waals surface area contributed by atoms with Crippen molar-refractivity contribution >= 4 is 21.5 Å². The second-order valence-corrected chi connectivity index (χ2v) is 7.44. The molecule has 1 aliphatic rings. The first-order valence-corrected chi connectivity index (χ1v) is 7.89. The van der Waals surface area contributed by atoms with Gasteiger partial charge < -0.3 is 4.74 Å². The Bertz CT molecular complexity index is 512. The fourth-order valence-electron chi connectivity index (χ4n) is 1.84. The maximum absolute atomic E-state index is 12.2. The molecule has 1 aromatic heterocycles. The topological polar surface area (TPSA) is 62.7 Å². The van der Waals surface area contributed by atoms with E-state index >= 15 is 0 Å². The lowest BCUT2D eigenvalue weighted by atomic mass is 10.2. The van der Waals surface area contributed by atoms with Crippen LogP contribution in [0.5, 0.6) is 0 Å². The number of hydrogen-bond donors (Lipinski definition) is 0. The van der Waals surface area contributed by atoms with Crippen LogP contribution in [0.2, 0.25) is 0 Å². The summed E-state index contributed by atoms with van der Waals surface area (Å²) in [6, 6.07) is -0.323. The summed E-state index contributed by atoms with van der Waals surface area (Å²) in [7, 11) is -0.365. The second kappa shape index (κ2) is 5.22. The molecule has 8 heteroatoms. The molecule has 1 aromatic rings. The fraction of sp³-hybridized carbons (Fsp3) is 0.700. The molecule has 0 aliphatic carbocycles. The molecule has 1 saturated heterocycles. The van der Waals surface area contributed by atoms with Crippen molar-refractivity contribution in [2.75, 3.05) is 33.9 Å². The van der Waals surface area contributed by atoms with E-state index in [9.17, 15) is 8.42 Å². The summed E-state index contributed by atoms with van der Waals surface area (Å²) in [5.74, 6) is 0. The molecular formula is C10H17N3O3S2. The monoisotopic (exact) mass is 291 g/mol. The Morgan fingerprint density at radius 2 is 2.28 bits per heavy atom. The number of thiazole rings is 1. The highest BCUT2D eigenvalue weighted by Crippen LogP contribution is 2.28. The van der Waals surface area contributed by atoms with Crippen molar-refractivity contribution in [3.05, 3.63) is 16.1 Å². The minimum absolute atomic E-state index is 0.323. The van der Waals surface area contributed by atoms with Gasteiger partial charge in [0.1, 0.15) is 0 Å². The lowest BCUT2D eigenvalue weighted by Crippen LogP contribution is -2.48. The molecule has 2 heterocycles. The van der Waals surface area contributed by atoms with Crippen molar-refractivity contribution in [3.8, 4) is 0 Å². The Labute approximate surface area is 111 Å². The van der Waals surface area contributed by atoms with Gasteiger partial charge in [-0.05, 0) is 6.92 Å². The molecule has 0 bridgehead atoms. The van der Waals surface area contributed by atoms with Crippen LogP contribution in [0.3, 0.4) is 0 Å². The van der Waals surface area contributed by atoms with E-state index in [-0.39, 0.29) is 6.04 Å². The number of aryl methyl sites for hydroxylation is 1. The second-order valence-electron chi connectivity index (χ2n) is 4.28. The van der Waals surface area contributed by atoms with Crippen LogP contribution in [0.15, 0.2) is 5.38 Å². The quantitative estimate of drug-likeness (QED) is 0.819. The van der Waals surface area contributed by atoms with Crippen LogP contribution in [-0.4, -0.2) is 55.9 Å². The van der Waals surface area contributed by atoms with Crippen molar-refractivity contribution in [1.82, 2.24) is 13.6 Å². The summed E-state index contributed by atoms with van der Waals surface area (Å²) in [6.45, 7) is 3.05. The molecule has 1 aliphatic heterocycles. The van der Waals surface area contributed by atoms with Crippen molar-refractivity contribution < 1.29 is 13.2 Å². The van der Waals surface area contributed by atoms with Gasteiger partial charge in [-0.25, -0.2) is 4.98 Å². The lowest BCUT2D eigenvalue weighted by molar-refractivity contribution is 0.0286. The molecule has 0 N–H and O–H groups in total. The number of morpholine rings is 1. The van der Waals surface area contributed by atoms with Crippen LogP contribution >= 0.6 is 11.3 Å². The van der Waals surface area contributed by atoms with Gasteiger partial charge in [0.05, 0.1) is 30.0 Å². The Morgan fingerprint density at radius 3 is 2.83 bits per heavy atom. The first-order chi connectivity index (χ1) is 8.43. The molecule has 0 unspecified atom stereocenters. The molecule has 6 nitrogen and oxygen atoms in total. The van der Waals surface area contributed by atoms with Gasteiger partial charge in [0.25, 0.3) is 10.2 Å². The van der Waals surface area contributed by atoms with Gasteiger partial charge in [0, 0.05) is 26.0 Å². The molecule has 2 rings (SSSR count). The van der Waals surface area contributed by atoms with Gasteiger partial charge in [-0.2, -0.15) is 17.0 Å². The van der Waals surface area contributed by atoms with E-state index in [0.717, 1.165) is 10.7 Å². The van der Waals surface area contributed by atoms with Gasteiger partial charge in [0.15, 0.2) is 0 Å². The molecule has 1 atom stereocenters. The van der Waals surface area contributed by atoms with Crippen LogP contribution in [0.25, 0.3) is 0 Å². The molecule has 18 heavy (non-hydrogen) atoms. The number of ether oxygens (including phenoxy) is 1. The molecule has 0 aromatic carbocycles. The van der Waals surface area contributed by atoms with Crippen LogP contribution < -0.4 is 0 Å². The van der Waals surface area contributed by atoms with Crippen molar-refractivity contribution in [2.45, 2.75) is 13.0 Å². The standard InChI is InChI=1S/C10H17N3O3S2/c1-8-11-9(7-17-8)10-6-16-5-4-13(10)18(14,15)12(2)3/h7,10H,4-6H2,1-3H3/t10-/m0/s1. The average molecular weight is 291 g/mol. The normalized spacial score (nSPS) is 22.6. The minimum Gasteiger partial charge on any atom is -0.378 e. The molecule has 0 spiro atoms. The molecule has 0 radical (unpaired) electrons. The SMILES string of the molecule is Cc1nc([C@@H]2COCCN2S(=O)(=O)N(C)C)cs1. The van der Waals surface area contributed by atoms with Crippen LogP contribution in [0.4, 0.5) is 0 Å². The van der Waals surface area contributed by atoms with E-state index < -0.39 is 10.2 Å². The molecule has 102 valence electrons. The van der Waals surface area contributed by atoms with Crippen molar-refractivity contribution in [2.24, 2.45) is 0 Å². The number of nitrogens with zero attached hydrogens (tertiary/aromatic N) is 3. The molecule has 0 amide bonds. The zero-order valence-corrected chi connectivity index (χ0v) is 12.3. The third-order valence-electron chi connectivity index (χ3n) is 2.82. The number of aromatic nitrogens is 1. The predicted octanol–water partition coefficient (Wildman–Crippen LogP) is 0.631. The zero-order chi connectivity index (χ0) is 13.3. The first kappa shape index (κ1) is 13.9. The summed E-state index contributed by atoms with van der Waals surface area (Å²) in [5.41, 5.74) is 0.766. The highest BCUT2D eigenvalue weighted by molar-refractivity contribution is 7.86. The van der Waals surface area contributed by atoms with E-state index in [2.05, 4.69) is 4.98 Å². The van der Waals surface area contributed by atoms with Gasteiger partial charge >= 0.3 is 0 Å². The van der Waals surface area contributed by atoms with Crippen molar-refractivity contribution in [1.29, 1.82) is 0 Å². The third kappa shape index (κ3) is 2.57. The van der Waals surface area contributed by atoms with Gasteiger partial charge in [-0.15, -0.1) is 11.3 Å². The summed E-state index contributed by atoms with van der Waals surface area (Å²) in [6.07, 6.45) is 0. The Kier molecular flexibility index (Phi) is 4.02. The molecule has 1 fully saturated rings. The Morgan fingerprint density at radius 1 is 1.56 bits per heavy atom.